The summed E-state index contributed by atoms with van der Waals surface area (Å²) in [5.41, 5.74) is 1.05. The molecule has 2 atom stereocenters. The molecule has 15 heteroatoms. The third kappa shape index (κ3) is 19.3. The van der Waals surface area contributed by atoms with E-state index in [0.717, 1.165) is 26.0 Å². The molecule has 4 nitrogen and oxygen atoms in total. The van der Waals surface area contributed by atoms with Crippen molar-refractivity contribution in [2.24, 2.45) is 0 Å². The Hall–Kier alpha value is -1.58. The zero-order valence-corrected chi connectivity index (χ0v) is 27.0. The fraction of sp³-hybridized carbons (Fsp3) is 0.462. The number of carbonyl (C=O) groups is 2. The van der Waals surface area contributed by atoms with Crippen LogP contribution in [0, 0.1) is 11.6 Å². The molecule has 0 saturated carbocycles. The first-order valence-corrected chi connectivity index (χ1v) is 14.6. The van der Waals surface area contributed by atoms with E-state index in [1.165, 1.54) is 36.4 Å². The first-order chi connectivity index (χ1) is 19.3. The van der Waals surface area contributed by atoms with E-state index in [0.29, 0.717) is 28.3 Å². The van der Waals surface area contributed by atoms with Crippen LogP contribution >= 0.6 is 47.8 Å². The summed E-state index contributed by atoms with van der Waals surface area (Å²) in [4.78, 5) is 22.0. The highest BCUT2D eigenvalue weighted by Gasteiger charge is 2.41. The average Bonchev–Trinajstić information content (AvgIpc) is 2.91. The fourth-order valence-electron chi connectivity index (χ4n) is 2.47. The van der Waals surface area contributed by atoms with Crippen LogP contribution in [0.4, 0.5) is 35.1 Å². The minimum Gasteiger partial charge on any atom is -0.326 e. The minimum atomic E-state index is -4.50. The first kappa shape index (κ1) is 39.4. The summed E-state index contributed by atoms with van der Waals surface area (Å²) in [5, 5.41) is 2.51. The van der Waals surface area contributed by atoms with Gasteiger partial charge in [-0.25, -0.2) is 8.78 Å². The Morgan fingerprint density at radius 3 is 1.56 bits per heavy atom. The lowest BCUT2D eigenvalue weighted by Crippen LogP contribution is -2.47. The molecule has 0 saturated heterocycles. The number of benzene rings is 2. The molecule has 2 aromatic rings. The number of hydrogen-bond acceptors (Lipinski definition) is 3. The van der Waals surface area contributed by atoms with Crippen LogP contribution in [0.1, 0.15) is 40.2 Å². The lowest BCUT2D eigenvalue weighted by molar-refractivity contribution is -0.186. The van der Waals surface area contributed by atoms with Gasteiger partial charge in [0.1, 0.15) is 23.7 Å². The quantitative estimate of drug-likeness (QED) is 0.165. The van der Waals surface area contributed by atoms with Gasteiger partial charge in [0.2, 0.25) is 10.6 Å². The predicted molar refractivity (Wildman–Crippen MR) is 154 cm³/mol. The van der Waals surface area contributed by atoms with Crippen LogP contribution in [0.25, 0.3) is 0 Å². The van der Waals surface area contributed by atoms with Gasteiger partial charge < -0.3 is 10.2 Å². The number of nitrogens with one attached hydrogen (secondary N) is 1. The molecule has 0 unspecified atom stereocenters. The van der Waals surface area contributed by atoms with Gasteiger partial charge in [-0.3, -0.25) is 9.59 Å². The van der Waals surface area contributed by atoms with E-state index in [1.54, 1.807) is 6.92 Å². The molecule has 0 aliphatic carbocycles. The molecule has 0 aliphatic rings. The molecule has 234 valence electrons. The van der Waals surface area contributed by atoms with Crippen molar-refractivity contribution in [2.75, 3.05) is 10.7 Å². The third-order valence-electron chi connectivity index (χ3n) is 4.76. The second kappa shape index (κ2) is 21.2. The van der Waals surface area contributed by atoms with Crippen LogP contribution in [0.2, 0.25) is 0 Å². The van der Waals surface area contributed by atoms with Crippen LogP contribution in [0.15, 0.2) is 48.5 Å². The molecule has 0 aromatic heterocycles. The van der Waals surface area contributed by atoms with Gasteiger partial charge in [-0.1, -0.05) is 69.9 Å². The molecule has 0 fully saturated rings. The monoisotopic (exact) mass is 793 g/mol. The highest BCUT2D eigenvalue weighted by atomic mass is 79.9. The van der Waals surface area contributed by atoms with E-state index in [9.17, 15) is 44.7 Å². The molecule has 2 aromatic carbocycles. The maximum atomic E-state index is 12.7. The Morgan fingerprint density at radius 2 is 1.24 bits per heavy atom. The van der Waals surface area contributed by atoms with Gasteiger partial charge >= 0.3 is 12.4 Å². The van der Waals surface area contributed by atoms with Crippen molar-refractivity contribution in [3.05, 3.63) is 71.3 Å². The zero-order valence-electron chi connectivity index (χ0n) is 23.2. The van der Waals surface area contributed by atoms with Crippen molar-refractivity contribution in [1.29, 1.82) is 0 Å². The number of alkyl halides is 8. The number of halogens is 11. The molecule has 41 heavy (non-hydrogen) atoms. The van der Waals surface area contributed by atoms with E-state index in [-0.39, 0.29) is 23.1 Å². The van der Waals surface area contributed by atoms with Crippen LogP contribution in [0.3, 0.4) is 0 Å². The summed E-state index contributed by atoms with van der Waals surface area (Å²) >= 11 is 8.46. The lowest BCUT2D eigenvalue weighted by Gasteiger charge is -2.30. The van der Waals surface area contributed by atoms with Gasteiger partial charge in [0.05, 0.1) is 10.7 Å². The van der Waals surface area contributed by atoms with Crippen molar-refractivity contribution in [1.82, 2.24) is 10.2 Å². The standard InChI is InChI=1S/C12H12BrF4NO.C10H11F4N.C2H2Br2O.C2H6/c1-8(12(15,16)17)18(11(19)6-13)7-9-2-4-10(14)5-3-9;1-7(10(12,13)14)15-6-8-2-4-9(11)5-3-8;3-1-2(4)5;1-2/h2-5,8H,6-7H2,1H3;2-5,7,15H,6H2,1H3;1H2;1-2H3/t8-;7-;;/m00../s1/i;;;1D. The molecule has 0 aliphatic heterocycles. The molecule has 0 bridgehead atoms. The molecular formula is C26H31Br3F8N2O2. The largest absolute Gasteiger partial charge is 0.408 e. The van der Waals surface area contributed by atoms with Crippen molar-refractivity contribution in [2.45, 2.75) is 65.2 Å². The summed E-state index contributed by atoms with van der Waals surface area (Å²) in [5.74, 6) is -1.55. The summed E-state index contributed by atoms with van der Waals surface area (Å²) < 4.78 is 106. The van der Waals surface area contributed by atoms with Crippen molar-refractivity contribution in [3.8, 4) is 0 Å². The van der Waals surface area contributed by atoms with Crippen LogP contribution in [-0.2, 0) is 22.7 Å². The van der Waals surface area contributed by atoms with E-state index >= 15 is 0 Å². The Labute approximate surface area is 261 Å². The molecular weight excluding hydrogens is 764 g/mol. The Morgan fingerprint density at radius 1 is 0.854 bits per heavy atom. The number of nitrogens with zero attached hydrogens (tertiary/aromatic N) is 1. The number of carbonyl (C=O) groups excluding carboxylic acids is 2. The average molecular weight is 796 g/mol. The van der Waals surface area contributed by atoms with Crippen LogP contribution < -0.4 is 5.32 Å². The maximum Gasteiger partial charge on any atom is 0.408 e. The van der Waals surface area contributed by atoms with Gasteiger partial charge in [-0.05, 0) is 65.2 Å². The number of rotatable bonds is 8. The second-order valence-electron chi connectivity index (χ2n) is 7.76. The molecule has 1 N–H and O–H groups in total. The maximum absolute atomic E-state index is 12.7. The van der Waals surface area contributed by atoms with Gasteiger partial charge in [0, 0.05) is 14.5 Å². The normalized spacial score (nSPS) is 12.6. The number of amides is 1. The summed E-state index contributed by atoms with van der Waals surface area (Å²) in [6.07, 6.45) is -8.75. The van der Waals surface area contributed by atoms with Crippen LogP contribution in [0.5, 0.6) is 0 Å². The minimum absolute atomic E-state index is 0.0162. The Kier molecular flexibility index (Phi) is 20.3. The number of hydrogen-bond donors (Lipinski definition) is 1. The van der Waals surface area contributed by atoms with Gasteiger partial charge in [0.25, 0.3) is 0 Å². The summed E-state index contributed by atoms with van der Waals surface area (Å²) in [6, 6.07) is 6.86. The predicted octanol–water partition coefficient (Wildman–Crippen LogP) is 8.70. The summed E-state index contributed by atoms with van der Waals surface area (Å²) in [7, 11) is 0. The van der Waals surface area contributed by atoms with Crippen molar-refractivity contribution < 1.29 is 46.1 Å². The van der Waals surface area contributed by atoms with Gasteiger partial charge in [-0.15, -0.1) is 0 Å². The van der Waals surface area contributed by atoms with Gasteiger partial charge in [-0.2, -0.15) is 26.3 Å². The topological polar surface area (TPSA) is 49.4 Å². The zero-order chi connectivity index (χ0) is 33.1. The van der Waals surface area contributed by atoms with Gasteiger partial charge in [0.15, 0.2) is 0 Å². The third-order valence-corrected chi connectivity index (χ3v) is 6.79. The fourth-order valence-corrected chi connectivity index (χ4v) is 2.79. The molecule has 2 rings (SSSR count). The van der Waals surface area contributed by atoms with Crippen molar-refractivity contribution in [3.63, 3.8) is 0 Å². The smallest absolute Gasteiger partial charge is 0.326 e. The highest BCUT2D eigenvalue weighted by molar-refractivity contribution is 9.19. The van der Waals surface area contributed by atoms with Crippen LogP contribution in [-0.4, -0.2) is 50.6 Å². The van der Waals surface area contributed by atoms with Crippen molar-refractivity contribution >= 4 is 58.4 Å². The summed E-state index contributed by atoms with van der Waals surface area (Å²) in [6.45, 7) is 4.11. The second-order valence-corrected chi connectivity index (χ2v) is 9.76. The highest BCUT2D eigenvalue weighted by Crippen LogP contribution is 2.26. The SMILES string of the molecule is C[C@H](N(Cc1ccc(F)cc1)C(=O)CBr)C(F)(F)F.C[C@H](NCc1ccc(F)cc1)C(F)(F)F.O=C(Br)CBr.[2H]CC. The van der Waals surface area contributed by atoms with E-state index < -0.39 is 42.0 Å². The molecule has 0 spiro atoms. The van der Waals surface area contributed by atoms with E-state index in [1.807, 2.05) is 0 Å². The van der Waals surface area contributed by atoms with E-state index in [2.05, 4.69) is 53.1 Å². The molecule has 0 heterocycles. The van der Waals surface area contributed by atoms with E-state index in [4.69, 9.17) is 1.37 Å². The Balaban J connectivity index is 0. The lowest BCUT2D eigenvalue weighted by atomic mass is 10.1. The molecule has 1 amide bonds. The Bertz CT molecular complexity index is 1030. The molecule has 0 radical (unpaired) electrons. The first-order valence-electron chi connectivity index (χ1n) is 12.3.